The molecule has 27 valence electrons. The van der Waals surface area contributed by atoms with Crippen LogP contribution in [0.1, 0.15) is 13.3 Å². The summed E-state index contributed by atoms with van der Waals surface area (Å²) in [4.78, 5) is 3.10. The molecule has 0 amide bonds. The van der Waals surface area contributed by atoms with Gasteiger partial charge in [0.05, 0.1) is 0 Å². The van der Waals surface area contributed by atoms with E-state index >= 15 is 0 Å². The molecule has 0 saturated carbocycles. The summed E-state index contributed by atoms with van der Waals surface area (Å²) in [6.07, 6.45) is 0.990. The molecule has 0 bridgehead atoms. The molecule has 5 heavy (non-hydrogen) atoms. The van der Waals surface area contributed by atoms with E-state index in [0.717, 1.165) is 6.42 Å². The van der Waals surface area contributed by atoms with Gasteiger partial charge in [-0.2, -0.15) is 0 Å². The summed E-state index contributed by atoms with van der Waals surface area (Å²) >= 11 is 0. The van der Waals surface area contributed by atoms with Crippen LogP contribution in [0.2, 0.25) is 0 Å². The summed E-state index contributed by atoms with van der Waals surface area (Å²) in [7, 11) is 0. The molecule has 0 N–H and O–H groups in total. The fraction of sp³-hybridized carbons (Fsp3) is 0.750. The molecule has 1 nitrogen and oxygen atoms in total. The molecular weight excluding hydrogens is 62.1 g/mol. The smallest absolute Gasteiger partial charge is 0.0622 e. The van der Waals surface area contributed by atoms with E-state index in [1.54, 1.807) is 0 Å². The normalized spacial score (nSPS) is 6.40. The summed E-state index contributed by atoms with van der Waals surface area (Å²) in [5.41, 5.74) is 0. The molecule has 0 atom stereocenters. The first-order valence-corrected chi connectivity index (χ1v) is 1.75. The van der Waals surface area contributed by atoms with Gasteiger partial charge in [0.2, 0.25) is 0 Å². The molecule has 1 heteroatoms. The topological polar surface area (TPSA) is 4.36 Å². The van der Waals surface area contributed by atoms with E-state index in [1.807, 2.05) is 6.92 Å². The van der Waals surface area contributed by atoms with Crippen LogP contribution in [0.4, 0.5) is 0 Å². The second kappa shape index (κ2) is 3.49. The highest BCUT2D eigenvalue weighted by Gasteiger charge is 1.75. The minimum atomic E-state index is 0.681. The molecule has 0 unspecified atom stereocenters. The Morgan fingerprint density at radius 3 is 2.40 bits per heavy atom. The standard InChI is InChI=1S/C4H7N/c1-3-4-5-2/h3-4H2,1H3/q+1. The van der Waals surface area contributed by atoms with Crippen LogP contribution in [0.5, 0.6) is 0 Å². The first-order valence-electron chi connectivity index (χ1n) is 1.75. The number of nitrogens with zero attached hydrogens (tertiary/aromatic N) is 1. The predicted octanol–water partition coefficient (Wildman–Crippen LogP) is 1.32. The minimum absolute atomic E-state index is 0.681. The van der Waals surface area contributed by atoms with Crippen molar-refractivity contribution in [1.82, 2.24) is 0 Å². The van der Waals surface area contributed by atoms with Crippen molar-refractivity contribution in [2.24, 2.45) is 0 Å². The van der Waals surface area contributed by atoms with E-state index in [-0.39, 0.29) is 0 Å². The lowest BCUT2D eigenvalue weighted by molar-refractivity contribution is 1.03. The zero-order valence-electron chi connectivity index (χ0n) is 3.36. The van der Waals surface area contributed by atoms with Gasteiger partial charge in [-0.25, -0.2) is 0 Å². The molecule has 0 aromatic heterocycles. The molecule has 0 aromatic rings. The van der Waals surface area contributed by atoms with E-state index < -0.39 is 0 Å². The van der Waals surface area contributed by atoms with Crippen LogP contribution in [0, 0.1) is 6.57 Å². The van der Waals surface area contributed by atoms with Gasteiger partial charge in [0.1, 0.15) is 0 Å². The molecule has 1 radical (unpaired) electrons. The quantitative estimate of drug-likeness (QED) is 0.437. The maximum absolute atomic E-state index is 6.23. The summed E-state index contributed by atoms with van der Waals surface area (Å²) in [5.74, 6) is 0. The second-order valence-corrected chi connectivity index (χ2v) is 0.882. The van der Waals surface area contributed by atoms with Crippen molar-refractivity contribution in [1.29, 1.82) is 0 Å². The van der Waals surface area contributed by atoms with Crippen molar-refractivity contribution in [3.05, 3.63) is 11.4 Å². The van der Waals surface area contributed by atoms with Crippen molar-refractivity contribution < 1.29 is 0 Å². The highest BCUT2D eigenvalue weighted by Crippen LogP contribution is 1.71. The second-order valence-electron chi connectivity index (χ2n) is 0.882. The molecule has 0 aliphatic heterocycles. The number of hydrogen-bond donors (Lipinski definition) is 0. The van der Waals surface area contributed by atoms with Crippen LogP contribution in [0.3, 0.4) is 0 Å². The Balaban J connectivity index is 2.48. The van der Waals surface area contributed by atoms with Gasteiger partial charge in [-0.3, -0.25) is 0 Å². The Hall–Kier alpha value is -0.510. The molecule has 0 saturated heterocycles. The summed E-state index contributed by atoms with van der Waals surface area (Å²) in [6, 6.07) is 0. The Morgan fingerprint density at radius 1 is 1.80 bits per heavy atom. The Bertz CT molecular complexity index is 42.1. The predicted molar refractivity (Wildman–Crippen MR) is 21.8 cm³/mol. The van der Waals surface area contributed by atoms with E-state index in [0.29, 0.717) is 6.54 Å². The average Bonchev–Trinajstić information content (AvgIpc) is 1.41. The highest BCUT2D eigenvalue weighted by atomic mass is 14.6. The molecule has 0 fully saturated rings. The molecule has 0 aliphatic rings. The number of hydrogen-bond acceptors (Lipinski definition) is 0. The Morgan fingerprint density at radius 2 is 2.40 bits per heavy atom. The van der Waals surface area contributed by atoms with Gasteiger partial charge < -0.3 is 0 Å². The molecule has 0 aliphatic carbocycles. The molecule has 0 aromatic carbocycles. The SMILES string of the molecule is [C]#[N+]CCC. The third kappa shape index (κ3) is 3.49. The Labute approximate surface area is 32.4 Å². The van der Waals surface area contributed by atoms with Gasteiger partial charge in [-0.1, -0.05) is 11.8 Å². The first-order chi connectivity index (χ1) is 2.41. The molecule has 0 heterocycles. The van der Waals surface area contributed by atoms with Crippen LogP contribution in [0.15, 0.2) is 0 Å². The monoisotopic (exact) mass is 69.1 g/mol. The van der Waals surface area contributed by atoms with Gasteiger partial charge in [0.25, 0.3) is 6.54 Å². The summed E-state index contributed by atoms with van der Waals surface area (Å²) in [5, 5.41) is 0. The van der Waals surface area contributed by atoms with Crippen LogP contribution in [-0.4, -0.2) is 6.54 Å². The average molecular weight is 69.1 g/mol. The van der Waals surface area contributed by atoms with Crippen molar-refractivity contribution in [2.75, 3.05) is 6.54 Å². The van der Waals surface area contributed by atoms with Crippen LogP contribution >= 0.6 is 0 Å². The zero-order valence-corrected chi connectivity index (χ0v) is 3.36. The summed E-state index contributed by atoms with van der Waals surface area (Å²) in [6.45, 7) is 8.91. The maximum Gasteiger partial charge on any atom is 0.445 e. The Kier molecular flexibility index (Phi) is 3.13. The molecular formula is C4H7N+. The lowest BCUT2D eigenvalue weighted by Gasteiger charge is -1.56. The minimum Gasteiger partial charge on any atom is -0.0622 e. The van der Waals surface area contributed by atoms with Gasteiger partial charge in [0, 0.05) is 6.42 Å². The first kappa shape index (κ1) is 4.49. The van der Waals surface area contributed by atoms with Crippen LogP contribution in [0.25, 0.3) is 4.85 Å². The van der Waals surface area contributed by atoms with E-state index in [4.69, 9.17) is 6.57 Å². The molecule has 0 rings (SSSR count). The van der Waals surface area contributed by atoms with Crippen LogP contribution in [-0.2, 0) is 0 Å². The van der Waals surface area contributed by atoms with Gasteiger partial charge >= 0.3 is 6.57 Å². The van der Waals surface area contributed by atoms with Crippen molar-refractivity contribution in [3.8, 4) is 0 Å². The lowest BCUT2D eigenvalue weighted by Crippen LogP contribution is -1.62. The van der Waals surface area contributed by atoms with Crippen molar-refractivity contribution in [2.45, 2.75) is 13.3 Å². The van der Waals surface area contributed by atoms with E-state index in [2.05, 4.69) is 4.85 Å². The zero-order chi connectivity index (χ0) is 4.12. The van der Waals surface area contributed by atoms with Gasteiger partial charge in [-0.15, -0.1) is 0 Å². The molecule has 0 spiro atoms. The maximum atomic E-state index is 6.23. The van der Waals surface area contributed by atoms with Crippen molar-refractivity contribution in [3.63, 3.8) is 0 Å². The lowest BCUT2D eigenvalue weighted by atomic mass is 10.5. The third-order valence-corrected chi connectivity index (χ3v) is 0.335. The van der Waals surface area contributed by atoms with Gasteiger partial charge in [0.15, 0.2) is 0 Å². The number of rotatable bonds is 1. The van der Waals surface area contributed by atoms with Gasteiger partial charge in [-0.05, 0) is 0 Å². The fourth-order valence-corrected chi connectivity index (χ4v) is 0.112. The fourth-order valence-electron chi connectivity index (χ4n) is 0.112. The largest absolute Gasteiger partial charge is 0.445 e. The van der Waals surface area contributed by atoms with Crippen molar-refractivity contribution >= 4 is 0 Å². The van der Waals surface area contributed by atoms with E-state index in [1.165, 1.54) is 0 Å². The van der Waals surface area contributed by atoms with E-state index in [9.17, 15) is 0 Å². The third-order valence-electron chi connectivity index (χ3n) is 0.335. The summed E-state index contributed by atoms with van der Waals surface area (Å²) < 4.78 is 0. The van der Waals surface area contributed by atoms with Crippen LogP contribution < -0.4 is 0 Å². The highest BCUT2D eigenvalue weighted by molar-refractivity contribution is 4.52.